The third kappa shape index (κ3) is 4.27. The Morgan fingerprint density at radius 3 is 2.44 bits per heavy atom. The minimum atomic E-state index is -0.240. The second-order valence-electron chi connectivity index (χ2n) is 8.80. The lowest BCUT2D eigenvalue weighted by atomic mass is 10.0. The number of benzene rings is 2. The van der Waals surface area contributed by atoms with E-state index in [4.69, 9.17) is 8.94 Å². The summed E-state index contributed by atoms with van der Waals surface area (Å²) in [6, 6.07) is 21.5. The van der Waals surface area contributed by atoms with Crippen LogP contribution in [0.15, 0.2) is 88.0 Å². The van der Waals surface area contributed by atoms with E-state index >= 15 is 0 Å². The van der Waals surface area contributed by atoms with Crippen molar-refractivity contribution < 1.29 is 18.1 Å². The van der Waals surface area contributed by atoms with Gasteiger partial charge >= 0.3 is 0 Å². The SMILES string of the molecule is O=C(c1cc(-c2ccco2)nc2onc(-c3ccccc3)c12)N1CCN(Cc2ccc(F)cc2)CC1. The van der Waals surface area contributed by atoms with Gasteiger partial charge in [0.05, 0.1) is 17.2 Å². The number of fused-ring (bicyclic) bond motifs is 1. The molecule has 1 amide bonds. The molecule has 0 atom stereocenters. The Morgan fingerprint density at radius 1 is 0.944 bits per heavy atom. The number of piperazine rings is 1. The number of hydrogen-bond donors (Lipinski definition) is 0. The first-order valence-electron chi connectivity index (χ1n) is 11.8. The summed E-state index contributed by atoms with van der Waals surface area (Å²) in [5.74, 6) is 0.208. The number of aromatic nitrogens is 2. The Hall–Kier alpha value is -4.30. The molecule has 5 aromatic rings. The van der Waals surface area contributed by atoms with Gasteiger partial charge in [0.25, 0.3) is 11.6 Å². The molecule has 0 radical (unpaired) electrons. The van der Waals surface area contributed by atoms with Crippen LogP contribution in [-0.4, -0.2) is 52.0 Å². The van der Waals surface area contributed by atoms with E-state index in [2.05, 4.69) is 15.0 Å². The molecule has 4 heterocycles. The highest BCUT2D eigenvalue weighted by Crippen LogP contribution is 2.33. The zero-order valence-electron chi connectivity index (χ0n) is 19.4. The van der Waals surface area contributed by atoms with E-state index in [1.165, 1.54) is 12.1 Å². The Labute approximate surface area is 206 Å². The molecule has 3 aromatic heterocycles. The highest BCUT2D eigenvalue weighted by atomic mass is 19.1. The van der Waals surface area contributed by atoms with Crippen molar-refractivity contribution in [1.29, 1.82) is 0 Å². The van der Waals surface area contributed by atoms with Gasteiger partial charge < -0.3 is 13.8 Å². The van der Waals surface area contributed by atoms with Gasteiger partial charge in [0, 0.05) is 38.3 Å². The van der Waals surface area contributed by atoms with Crippen molar-refractivity contribution in [2.75, 3.05) is 26.2 Å². The minimum Gasteiger partial charge on any atom is -0.463 e. The van der Waals surface area contributed by atoms with E-state index in [9.17, 15) is 9.18 Å². The Morgan fingerprint density at radius 2 is 1.72 bits per heavy atom. The second-order valence-corrected chi connectivity index (χ2v) is 8.80. The number of halogens is 1. The summed E-state index contributed by atoms with van der Waals surface area (Å²) < 4.78 is 24.4. The van der Waals surface area contributed by atoms with Crippen molar-refractivity contribution in [1.82, 2.24) is 19.9 Å². The van der Waals surface area contributed by atoms with Crippen molar-refractivity contribution in [3.8, 4) is 22.7 Å². The number of furan rings is 1. The van der Waals surface area contributed by atoms with E-state index in [0.717, 1.165) is 24.2 Å². The Bertz CT molecular complexity index is 1490. The van der Waals surface area contributed by atoms with Gasteiger partial charge in [0.2, 0.25) is 0 Å². The lowest BCUT2D eigenvalue weighted by molar-refractivity contribution is 0.0630. The molecule has 8 heteroatoms. The van der Waals surface area contributed by atoms with Crippen LogP contribution in [0.3, 0.4) is 0 Å². The van der Waals surface area contributed by atoms with Crippen LogP contribution < -0.4 is 0 Å². The van der Waals surface area contributed by atoms with E-state index in [1.54, 1.807) is 36.6 Å². The molecule has 6 rings (SSSR count). The number of pyridine rings is 1. The quantitative estimate of drug-likeness (QED) is 0.341. The van der Waals surface area contributed by atoms with Gasteiger partial charge in [-0.2, -0.15) is 0 Å². The maximum atomic E-state index is 13.9. The summed E-state index contributed by atoms with van der Waals surface area (Å²) in [6.07, 6.45) is 1.57. The molecule has 0 aliphatic carbocycles. The molecule has 1 aliphatic heterocycles. The van der Waals surface area contributed by atoms with Gasteiger partial charge in [-0.05, 0) is 35.9 Å². The highest BCUT2D eigenvalue weighted by Gasteiger charge is 2.28. The number of carbonyl (C=O) groups excluding carboxylic acids is 1. The third-order valence-electron chi connectivity index (χ3n) is 6.48. The number of hydrogen-bond acceptors (Lipinski definition) is 6. The van der Waals surface area contributed by atoms with Crippen LogP contribution in [0.4, 0.5) is 4.39 Å². The van der Waals surface area contributed by atoms with Crippen molar-refractivity contribution in [3.63, 3.8) is 0 Å². The fourth-order valence-corrected chi connectivity index (χ4v) is 4.59. The van der Waals surface area contributed by atoms with Gasteiger partial charge in [-0.15, -0.1) is 0 Å². The number of nitrogens with zero attached hydrogens (tertiary/aromatic N) is 4. The average molecular weight is 483 g/mol. The summed E-state index contributed by atoms with van der Waals surface area (Å²) in [5.41, 5.74) is 3.78. The maximum Gasteiger partial charge on any atom is 0.259 e. The summed E-state index contributed by atoms with van der Waals surface area (Å²) in [6.45, 7) is 3.31. The minimum absolute atomic E-state index is 0.1000. The van der Waals surface area contributed by atoms with Crippen LogP contribution in [0.25, 0.3) is 33.8 Å². The molecule has 0 bridgehead atoms. The maximum absolute atomic E-state index is 13.9. The first-order chi connectivity index (χ1) is 17.7. The Kier molecular flexibility index (Phi) is 5.79. The zero-order chi connectivity index (χ0) is 24.5. The molecule has 1 saturated heterocycles. The number of amides is 1. The molecule has 0 spiro atoms. The Balaban J connectivity index is 1.31. The lowest BCUT2D eigenvalue weighted by Crippen LogP contribution is -2.48. The fraction of sp³-hybridized carbons (Fsp3) is 0.179. The summed E-state index contributed by atoms with van der Waals surface area (Å²) in [4.78, 5) is 22.6. The van der Waals surface area contributed by atoms with Gasteiger partial charge in [-0.3, -0.25) is 9.69 Å². The molecular formula is C28H23FN4O3. The van der Waals surface area contributed by atoms with Gasteiger partial charge in [0.15, 0.2) is 5.76 Å². The van der Waals surface area contributed by atoms with Crippen molar-refractivity contribution >= 4 is 17.0 Å². The molecule has 0 saturated carbocycles. The highest BCUT2D eigenvalue weighted by molar-refractivity contribution is 6.10. The zero-order valence-corrected chi connectivity index (χ0v) is 19.4. The fourth-order valence-electron chi connectivity index (χ4n) is 4.59. The predicted molar refractivity (Wildman–Crippen MR) is 133 cm³/mol. The number of carbonyl (C=O) groups is 1. The van der Waals surface area contributed by atoms with Crippen LogP contribution in [0.5, 0.6) is 0 Å². The molecule has 36 heavy (non-hydrogen) atoms. The van der Waals surface area contributed by atoms with Gasteiger partial charge in [0.1, 0.15) is 17.2 Å². The van der Waals surface area contributed by atoms with Crippen molar-refractivity contribution in [3.05, 3.63) is 96.0 Å². The standard InChI is InChI=1S/C28H23FN4O3/c29-21-10-8-19(9-11-21)18-32-12-14-33(15-13-32)28(34)22-17-23(24-7-4-16-35-24)30-27-25(22)26(31-36-27)20-5-2-1-3-6-20/h1-11,16-17H,12-15,18H2. The lowest BCUT2D eigenvalue weighted by Gasteiger charge is -2.35. The van der Waals surface area contributed by atoms with E-state index in [-0.39, 0.29) is 11.7 Å². The van der Waals surface area contributed by atoms with Crippen molar-refractivity contribution in [2.24, 2.45) is 0 Å². The van der Waals surface area contributed by atoms with Crippen LogP contribution in [0.2, 0.25) is 0 Å². The first kappa shape index (κ1) is 22.2. The normalized spacial score (nSPS) is 14.4. The van der Waals surface area contributed by atoms with E-state index < -0.39 is 0 Å². The van der Waals surface area contributed by atoms with E-state index in [1.807, 2.05) is 35.2 Å². The van der Waals surface area contributed by atoms with Gasteiger partial charge in [-0.1, -0.05) is 47.6 Å². The second kappa shape index (κ2) is 9.39. The van der Waals surface area contributed by atoms with Crippen LogP contribution in [0.1, 0.15) is 15.9 Å². The van der Waals surface area contributed by atoms with Crippen LogP contribution in [0, 0.1) is 5.82 Å². The summed E-state index contributed by atoms with van der Waals surface area (Å²) in [7, 11) is 0. The molecular weight excluding hydrogens is 459 g/mol. The molecule has 180 valence electrons. The van der Waals surface area contributed by atoms with Crippen LogP contribution in [-0.2, 0) is 6.54 Å². The largest absolute Gasteiger partial charge is 0.463 e. The average Bonchev–Trinajstić information content (AvgIpc) is 3.61. The third-order valence-corrected chi connectivity index (χ3v) is 6.48. The smallest absolute Gasteiger partial charge is 0.259 e. The van der Waals surface area contributed by atoms with Crippen molar-refractivity contribution in [2.45, 2.75) is 6.54 Å². The number of rotatable bonds is 5. The first-order valence-corrected chi connectivity index (χ1v) is 11.8. The monoisotopic (exact) mass is 482 g/mol. The summed E-state index contributed by atoms with van der Waals surface area (Å²) >= 11 is 0. The molecule has 7 nitrogen and oxygen atoms in total. The predicted octanol–water partition coefficient (Wildman–Crippen LogP) is 5.25. The van der Waals surface area contributed by atoms with E-state index in [0.29, 0.717) is 53.4 Å². The molecule has 1 fully saturated rings. The molecule has 1 aliphatic rings. The topological polar surface area (TPSA) is 75.6 Å². The van der Waals surface area contributed by atoms with Gasteiger partial charge in [-0.25, -0.2) is 9.37 Å². The molecule has 2 aromatic carbocycles. The van der Waals surface area contributed by atoms with Crippen LogP contribution >= 0.6 is 0 Å². The molecule has 0 N–H and O–H groups in total. The molecule has 0 unspecified atom stereocenters. The summed E-state index contributed by atoms with van der Waals surface area (Å²) in [5, 5.41) is 4.86.